The summed E-state index contributed by atoms with van der Waals surface area (Å²) >= 11 is 0. The van der Waals surface area contributed by atoms with Crippen molar-refractivity contribution >= 4 is 17.3 Å². The lowest BCUT2D eigenvalue weighted by molar-refractivity contribution is -0.122. The molecule has 86 valence electrons. The summed E-state index contributed by atoms with van der Waals surface area (Å²) in [5, 5.41) is 2.87. The number of benzene rings is 1. The van der Waals surface area contributed by atoms with E-state index >= 15 is 0 Å². The second-order valence-corrected chi connectivity index (χ2v) is 4.24. The fourth-order valence-electron chi connectivity index (χ4n) is 1.90. The van der Waals surface area contributed by atoms with E-state index in [-0.39, 0.29) is 5.91 Å². The Labute approximate surface area is 94.8 Å². The highest BCUT2D eigenvalue weighted by atomic mass is 16.5. The normalized spacial score (nSPS) is 18.8. The van der Waals surface area contributed by atoms with Gasteiger partial charge in [0.2, 0.25) is 0 Å². The number of carbonyl (C=O) groups is 1. The highest BCUT2D eigenvalue weighted by molar-refractivity contribution is 5.99. The molecule has 0 aromatic heterocycles. The molecule has 0 aliphatic carbocycles. The molecule has 1 aliphatic heterocycles. The number of carbonyl (C=O) groups excluding carboxylic acids is 1. The lowest BCUT2D eigenvalue weighted by atomic mass is 9.99. The molecule has 1 atom stereocenters. The number of fused-ring (bicyclic) bond motifs is 1. The van der Waals surface area contributed by atoms with Gasteiger partial charge in [-0.1, -0.05) is 0 Å². The van der Waals surface area contributed by atoms with E-state index in [1.807, 2.05) is 20.8 Å². The molecule has 0 spiro atoms. The Morgan fingerprint density at radius 2 is 1.81 bits per heavy atom. The monoisotopic (exact) mass is 220 g/mol. The first-order valence-electron chi connectivity index (χ1n) is 5.30. The number of rotatable bonds is 0. The summed E-state index contributed by atoms with van der Waals surface area (Å²) in [6, 6.07) is 0. The first kappa shape index (κ1) is 10.8. The molecule has 0 radical (unpaired) electrons. The van der Waals surface area contributed by atoms with Crippen LogP contribution in [0, 0.1) is 20.8 Å². The van der Waals surface area contributed by atoms with Gasteiger partial charge in [-0.15, -0.1) is 0 Å². The highest BCUT2D eigenvalue weighted by Crippen LogP contribution is 2.41. The van der Waals surface area contributed by atoms with Gasteiger partial charge in [-0.3, -0.25) is 4.79 Å². The van der Waals surface area contributed by atoms with E-state index < -0.39 is 6.10 Å². The van der Waals surface area contributed by atoms with Crippen molar-refractivity contribution in [2.24, 2.45) is 0 Å². The van der Waals surface area contributed by atoms with Gasteiger partial charge in [0.05, 0.1) is 5.69 Å². The van der Waals surface area contributed by atoms with Crippen molar-refractivity contribution in [2.45, 2.75) is 33.8 Å². The number of amides is 1. The minimum Gasteiger partial charge on any atom is -0.478 e. The average molecular weight is 220 g/mol. The molecule has 1 heterocycles. The molecule has 0 saturated heterocycles. The third-order valence-electron chi connectivity index (χ3n) is 3.23. The van der Waals surface area contributed by atoms with E-state index in [1.54, 1.807) is 6.92 Å². The average Bonchev–Trinajstić information content (AvgIpc) is 2.26. The fourth-order valence-corrected chi connectivity index (χ4v) is 1.90. The molecule has 0 bridgehead atoms. The zero-order chi connectivity index (χ0) is 12.0. The first-order valence-corrected chi connectivity index (χ1v) is 5.30. The van der Waals surface area contributed by atoms with Gasteiger partial charge in [-0.25, -0.2) is 0 Å². The fraction of sp³-hybridized carbons (Fsp3) is 0.417. The van der Waals surface area contributed by atoms with Gasteiger partial charge in [0.1, 0.15) is 5.75 Å². The Bertz CT molecular complexity index is 481. The minimum atomic E-state index is -0.465. The summed E-state index contributed by atoms with van der Waals surface area (Å²) in [6.07, 6.45) is -0.465. The predicted octanol–water partition coefficient (Wildman–Crippen LogP) is 1.91. The summed E-state index contributed by atoms with van der Waals surface area (Å²) in [6.45, 7) is 7.51. The van der Waals surface area contributed by atoms with Crippen LogP contribution in [0.15, 0.2) is 0 Å². The van der Waals surface area contributed by atoms with Crippen LogP contribution < -0.4 is 15.8 Å². The lowest BCUT2D eigenvalue weighted by Crippen LogP contribution is -2.35. The number of anilines is 2. The molecule has 4 heteroatoms. The molecule has 1 aromatic carbocycles. The van der Waals surface area contributed by atoms with Crippen LogP contribution in [0.5, 0.6) is 5.75 Å². The molecule has 0 fully saturated rings. The van der Waals surface area contributed by atoms with Crippen molar-refractivity contribution < 1.29 is 9.53 Å². The van der Waals surface area contributed by atoms with Crippen molar-refractivity contribution in [1.29, 1.82) is 0 Å². The standard InChI is InChI=1S/C12H16N2O2/c1-5-6(2)10-11(7(3)9(5)13)16-8(4)12(15)14-10/h8H,13H2,1-4H3,(H,14,15). The third-order valence-corrected chi connectivity index (χ3v) is 3.23. The van der Waals surface area contributed by atoms with Crippen molar-refractivity contribution in [3.8, 4) is 5.75 Å². The van der Waals surface area contributed by atoms with Gasteiger partial charge in [-0.2, -0.15) is 0 Å². The number of nitrogen functional groups attached to an aromatic ring is 1. The number of ether oxygens (including phenoxy) is 1. The number of nitrogens with two attached hydrogens (primary N) is 1. The predicted molar refractivity (Wildman–Crippen MR) is 63.8 cm³/mol. The van der Waals surface area contributed by atoms with Crippen LogP contribution >= 0.6 is 0 Å². The summed E-state index contributed by atoms with van der Waals surface area (Å²) in [7, 11) is 0. The number of nitrogens with one attached hydrogen (secondary N) is 1. The maximum absolute atomic E-state index is 11.5. The summed E-state index contributed by atoms with van der Waals surface area (Å²) in [5.41, 5.74) is 10.3. The van der Waals surface area contributed by atoms with Crippen LogP contribution in [0.3, 0.4) is 0 Å². The van der Waals surface area contributed by atoms with Gasteiger partial charge in [0.15, 0.2) is 6.10 Å². The molecule has 1 aliphatic rings. The molecule has 0 saturated carbocycles. The second kappa shape index (κ2) is 3.40. The van der Waals surface area contributed by atoms with Crippen molar-refractivity contribution in [2.75, 3.05) is 11.1 Å². The van der Waals surface area contributed by atoms with E-state index in [2.05, 4.69) is 5.32 Å². The molecule has 1 amide bonds. The van der Waals surface area contributed by atoms with E-state index in [0.29, 0.717) is 5.75 Å². The van der Waals surface area contributed by atoms with Crippen molar-refractivity contribution in [1.82, 2.24) is 0 Å². The van der Waals surface area contributed by atoms with Gasteiger partial charge in [-0.05, 0) is 38.8 Å². The third kappa shape index (κ3) is 1.33. The van der Waals surface area contributed by atoms with Crippen LogP contribution in [0.2, 0.25) is 0 Å². The maximum atomic E-state index is 11.5. The Balaban J connectivity index is 2.69. The SMILES string of the molecule is Cc1c(C)c2c(c(C)c1N)OC(C)C(=O)N2. The van der Waals surface area contributed by atoms with E-state index in [9.17, 15) is 4.79 Å². The topological polar surface area (TPSA) is 64.3 Å². The van der Waals surface area contributed by atoms with Crippen LogP contribution in [0.4, 0.5) is 11.4 Å². The molecule has 3 N–H and O–H groups in total. The Hall–Kier alpha value is -1.71. The molecule has 4 nitrogen and oxygen atoms in total. The Kier molecular flexibility index (Phi) is 2.30. The van der Waals surface area contributed by atoms with Gasteiger partial charge >= 0.3 is 0 Å². The minimum absolute atomic E-state index is 0.112. The molecule has 2 rings (SSSR count). The molecule has 16 heavy (non-hydrogen) atoms. The lowest BCUT2D eigenvalue weighted by Gasteiger charge is -2.28. The largest absolute Gasteiger partial charge is 0.478 e. The van der Waals surface area contributed by atoms with Crippen molar-refractivity contribution in [3.63, 3.8) is 0 Å². The van der Waals surface area contributed by atoms with Crippen LogP contribution in [-0.2, 0) is 4.79 Å². The molecular formula is C12H16N2O2. The number of hydrogen-bond acceptors (Lipinski definition) is 3. The molecule has 1 unspecified atom stereocenters. The van der Waals surface area contributed by atoms with E-state index in [0.717, 1.165) is 28.1 Å². The van der Waals surface area contributed by atoms with Gasteiger partial charge < -0.3 is 15.8 Å². The smallest absolute Gasteiger partial charge is 0.265 e. The number of hydrogen-bond donors (Lipinski definition) is 2. The van der Waals surface area contributed by atoms with Gasteiger partial charge in [0, 0.05) is 11.3 Å². The summed E-state index contributed by atoms with van der Waals surface area (Å²) < 4.78 is 5.60. The van der Waals surface area contributed by atoms with Gasteiger partial charge in [0.25, 0.3) is 5.91 Å². The summed E-state index contributed by atoms with van der Waals surface area (Å²) in [5.74, 6) is 0.590. The first-order chi connectivity index (χ1) is 7.43. The summed E-state index contributed by atoms with van der Waals surface area (Å²) in [4.78, 5) is 11.5. The molecule has 1 aromatic rings. The Morgan fingerprint density at radius 3 is 2.44 bits per heavy atom. The molecular weight excluding hydrogens is 204 g/mol. The van der Waals surface area contributed by atoms with Crippen LogP contribution in [0.1, 0.15) is 23.6 Å². The van der Waals surface area contributed by atoms with E-state index in [4.69, 9.17) is 10.5 Å². The van der Waals surface area contributed by atoms with Crippen LogP contribution in [0.25, 0.3) is 0 Å². The second-order valence-electron chi connectivity index (χ2n) is 4.24. The Morgan fingerprint density at radius 1 is 1.19 bits per heavy atom. The van der Waals surface area contributed by atoms with Crippen LogP contribution in [-0.4, -0.2) is 12.0 Å². The highest BCUT2D eigenvalue weighted by Gasteiger charge is 2.28. The van der Waals surface area contributed by atoms with E-state index in [1.165, 1.54) is 0 Å². The maximum Gasteiger partial charge on any atom is 0.265 e. The quantitative estimate of drug-likeness (QED) is 0.656. The zero-order valence-corrected chi connectivity index (χ0v) is 9.97. The van der Waals surface area contributed by atoms with Crippen molar-refractivity contribution in [3.05, 3.63) is 16.7 Å². The zero-order valence-electron chi connectivity index (χ0n) is 9.97.